The average Bonchev–Trinajstić information content (AvgIpc) is 1.25. The van der Waals surface area contributed by atoms with Gasteiger partial charge in [0, 0.05) is 10.2 Å². The molecule has 0 aliphatic heterocycles. The highest BCUT2D eigenvalue weighted by Gasteiger charge is 2.27. The first kappa shape index (κ1) is 8.57. The van der Waals surface area contributed by atoms with Crippen molar-refractivity contribution in [3.05, 3.63) is 0 Å². The second-order valence-corrected chi connectivity index (χ2v) is 7.77. The first-order valence-electron chi connectivity index (χ1n) is 2.97. The van der Waals surface area contributed by atoms with Crippen molar-refractivity contribution in [1.29, 1.82) is 0 Å². The van der Waals surface area contributed by atoms with E-state index in [-0.39, 0.29) is 4.37 Å². The van der Waals surface area contributed by atoms with Crippen LogP contribution in [-0.4, -0.2) is 14.6 Å². The summed E-state index contributed by atoms with van der Waals surface area (Å²) in [5.41, 5.74) is 0.363. The predicted octanol–water partition coefficient (Wildman–Crippen LogP) is 1.04. The Labute approximate surface area is 60.9 Å². The fourth-order valence-electron chi connectivity index (χ4n) is 0. The molecule has 0 rings (SSSR count). The molecule has 1 atom stereocenters. The second-order valence-electron chi connectivity index (χ2n) is 3.81. The van der Waals surface area contributed by atoms with E-state index in [0.29, 0.717) is 5.41 Å². The molecular formula is C6H16SSi. The SMILES string of the molecule is CC(C)(C)C(C)([SiH3])S. The lowest BCUT2D eigenvalue weighted by molar-refractivity contribution is 0.380. The molecular weight excluding hydrogens is 132 g/mol. The summed E-state index contributed by atoms with van der Waals surface area (Å²) in [7, 11) is 1.15. The van der Waals surface area contributed by atoms with Crippen LogP contribution in [0, 0.1) is 5.41 Å². The van der Waals surface area contributed by atoms with Gasteiger partial charge in [-0.15, -0.1) is 0 Å². The Morgan fingerprint density at radius 3 is 1.25 bits per heavy atom. The van der Waals surface area contributed by atoms with Crippen LogP contribution in [0.2, 0.25) is 0 Å². The Morgan fingerprint density at radius 2 is 1.25 bits per heavy atom. The third-order valence-corrected chi connectivity index (χ3v) is 4.01. The molecule has 0 radical (unpaired) electrons. The minimum atomic E-state index is 0.271. The van der Waals surface area contributed by atoms with Crippen molar-refractivity contribution in [3.8, 4) is 0 Å². The Morgan fingerprint density at radius 1 is 1.12 bits per heavy atom. The first-order chi connectivity index (χ1) is 3.25. The monoisotopic (exact) mass is 148 g/mol. The van der Waals surface area contributed by atoms with Gasteiger partial charge in [-0.3, -0.25) is 0 Å². The Bertz CT molecular complexity index is 63.5. The van der Waals surface area contributed by atoms with Crippen LogP contribution in [0.15, 0.2) is 0 Å². The van der Waals surface area contributed by atoms with Crippen molar-refractivity contribution in [1.82, 2.24) is 0 Å². The van der Waals surface area contributed by atoms with Gasteiger partial charge in [-0.1, -0.05) is 27.7 Å². The highest BCUT2D eigenvalue weighted by molar-refractivity contribution is 7.83. The maximum absolute atomic E-state index is 4.50. The zero-order chi connectivity index (χ0) is 7.00. The highest BCUT2D eigenvalue weighted by atomic mass is 32.1. The van der Waals surface area contributed by atoms with E-state index in [1.807, 2.05) is 0 Å². The van der Waals surface area contributed by atoms with Gasteiger partial charge in [0.1, 0.15) is 0 Å². The molecule has 8 heavy (non-hydrogen) atoms. The lowest BCUT2D eigenvalue weighted by atomic mass is 9.92. The number of hydrogen-bond donors (Lipinski definition) is 1. The van der Waals surface area contributed by atoms with Crippen LogP contribution in [0.4, 0.5) is 0 Å². The Balaban J connectivity index is 4.02. The van der Waals surface area contributed by atoms with Gasteiger partial charge in [-0.05, 0) is 9.79 Å². The number of rotatable bonds is 0. The molecule has 0 aliphatic carbocycles. The fourth-order valence-corrected chi connectivity index (χ4v) is 0. The smallest absolute Gasteiger partial charge is 0.0232 e. The van der Waals surface area contributed by atoms with Crippen LogP contribution in [0.5, 0.6) is 0 Å². The summed E-state index contributed by atoms with van der Waals surface area (Å²) in [4.78, 5) is 0. The first-order valence-corrected chi connectivity index (χ1v) is 4.42. The van der Waals surface area contributed by atoms with Gasteiger partial charge in [0.25, 0.3) is 0 Å². The second kappa shape index (κ2) is 2.07. The summed E-state index contributed by atoms with van der Waals surface area (Å²) in [5.74, 6) is 0. The van der Waals surface area contributed by atoms with E-state index in [1.54, 1.807) is 0 Å². The van der Waals surface area contributed by atoms with Crippen molar-refractivity contribution >= 4 is 22.9 Å². The topological polar surface area (TPSA) is 0 Å². The van der Waals surface area contributed by atoms with E-state index in [9.17, 15) is 0 Å². The van der Waals surface area contributed by atoms with Gasteiger partial charge >= 0.3 is 0 Å². The molecule has 0 aromatic carbocycles. The molecule has 0 aromatic rings. The van der Waals surface area contributed by atoms with E-state index in [4.69, 9.17) is 0 Å². The molecule has 0 heterocycles. The van der Waals surface area contributed by atoms with Gasteiger partial charge < -0.3 is 0 Å². The minimum absolute atomic E-state index is 0.271. The third kappa shape index (κ3) is 2.22. The largest absolute Gasteiger partial charge is 0.177 e. The summed E-state index contributed by atoms with van der Waals surface area (Å²) in [5, 5.41) is 0. The van der Waals surface area contributed by atoms with Crippen molar-refractivity contribution in [2.24, 2.45) is 5.41 Å². The third-order valence-electron chi connectivity index (χ3n) is 1.84. The summed E-state index contributed by atoms with van der Waals surface area (Å²) >= 11 is 4.50. The Kier molecular flexibility index (Phi) is 2.21. The van der Waals surface area contributed by atoms with Crippen molar-refractivity contribution in [2.45, 2.75) is 32.1 Å². The van der Waals surface area contributed by atoms with Crippen LogP contribution in [0.1, 0.15) is 27.7 Å². The number of thiol groups is 1. The highest BCUT2D eigenvalue weighted by Crippen LogP contribution is 2.31. The number of hydrogen-bond acceptors (Lipinski definition) is 1. The zero-order valence-corrected chi connectivity index (χ0v) is 9.34. The lowest BCUT2D eigenvalue weighted by Crippen LogP contribution is -2.34. The molecule has 0 fully saturated rings. The van der Waals surface area contributed by atoms with Gasteiger partial charge in [0.2, 0.25) is 0 Å². The maximum Gasteiger partial charge on any atom is 0.0232 e. The molecule has 0 spiro atoms. The maximum atomic E-state index is 4.50. The summed E-state index contributed by atoms with van der Waals surface area (Å²) in [6, 6.07) is 0. The fraction of sp³-hybridized carbons (Fsp3) is 1.00. The van der Waals surface area contributed by atoms with Crippen LogP contribution in [-0.2, 0) is 0 Å². The van der Waals surface area contributed by atoms with Crippen LogP contribution in [0.3, 0.4) is 0 Å². The lowest BCUT2D eigenvalue weighted by Gasteiger charge is -2.33. The van der Waals surface area contributed by atoms with E-state index in [0.717, 1.165) is 10.2 Å². The molecule has 2 heteroatoms. The van der Waals surface area contributed by atoms with Crippen molar-refractivity contribution < 1.29 is 0 Å². The van der Waals surface area contributed by atoms with Gasteiger partial charge in [-0.25, -0.2) is 0 Å². The molecule has 0 saturated heterocycles. The van der Waals surface area contributed by atoms with Crippen molar-refractivity contribution in [2.75, 3.05) is 0 Å². The standard InChI is InChI=1S/C6H16SSi/c1-5(2,3)6(4,7)8/h7H,1-4,8H3. The molecule has 50 valence electrons. The molecule has 0 bridgehead atoms. The molecule has 0 saturated carbocycles. The van der Waals surface area contributed by atoms with Gasteiger partial charge in [0.05, 0.1) is 0 Å². The van der Waals surface area contributed by atoms with E-state index < -0.39 is 0 Å². The van der Waals surface area contributed by atoms with E-state index in [2.05, 4.69) is 40.3 Å². The zero-order valence-electron chi connectivity index (χ0n) is 6.45. The van der Waals surface area contributed by atoms with Gasteiger partial charge in [-0.2, -0.15) is 12.6 Å². The normalized spacial score (nSPS) is 20.6. The van der Waals surface area contributed by atoms with E-state index >= 15 is 0 Å². The quantitative estimate of drug-likeness (QED) is 0.385. The van der Waals surface area contributed by atoms with Crippen molar-refractivity contribution in [3.63, 3.8) is 0 Å². The van der Waals surface area contributed by atoms with Crippen LogP contribution < -0.4 is 0 Å². The van der Waals surface area contributed by atoms with E-state index in [1.165, 1.54) is 0 Å². The van der Waals surface area contributed by atoms with Crippen LogP contribution >= 0.6 is 12.6 Å². The summed E-state index contributed by atoms with van der Waals surface area (Å²) in [6.07, 6.45) is 0. The molecule has 0 aromatic heterocycles. The molecule has 0 amide bonds. The average molecular weight is 148 g/mol. The van der Waals surface area contributed by atoms with Gasteiger partial charge in [0.15, 0.2) is 0 Å². The minimum Gasteiger partial charge on any atom is -0.177 e. The summed E-state index contributed by atoms with van der Waals surface area (Å²) < 4.78 is 0.271. The molecule has 0 aliphatic rings. The molecule has 0 nitrogen and oxygen atoms in total. The Hall–Kier alpha value is 0.567. The van der Waals surface area contributed by atoms with Crippen LogP contribution in [0.25, 0.3) is 0 Å². The molecule has 0 N–H and O–H groups in total. The summed E-state index contributed by atoms with van der Waals surface area (Å²) in [6.45, 7) is 8.88. The molecule has 1 unspecified atom stereocenters. The predicted molar refractivity (Wildman–Crippen MR) is 46.8 cm³/mol.